The third kappa shape index (κ3) is 5.21. The maximum atomic E-state index is 6.36. The molecule has 0 aliphatic carbocycles. The molecule has 5 aromatic carbocycles. The van der Waals surface area contributed by atoms with Gasteiger partial charge in [-0.1, -0.05) is 84.9 Å². The Hall–Kier alpha value is -5.55. The fourth-order valence-corrected chi connectivity index (χ4v) is 5.06. The number of anilines is 2. The molecule has 0 radical (unpaired) electrons. The third-order valence-corrected chi connectivity index (χ3v) is 7.11. The summed E-state index contributed by atoms with van der Waals surface area (Å²) in [6.45, 7) is 0.747. The number of benzene rings is 5. The lowest BCUT2D eigenvalue weighted by atomic mass is 10.1. The number of para-hydroxylation sites is 2. The summed E-state index contributed by atoms with van der Waals surface area (Å²) in [4.78, 5) is 4.42. The number of nitrogens with zero attached hydrogens (tertiary/aromatic N) is 4. The van der Waals surface area contributed by atoms with Crippen LogP contribution in [0, 0.1) is 0 Å². The Labute approximate surface area is 239 Å². The van der Waals surface area contributed by atoms with Crippen molar-refractivity contribution < 1.29 is 4.74 Å². The molecule has 0 fully saturated rings. The van der Waals surface area contributed by atoms with Gasteiger partial charge in [0.15, 0.2) is 0 Å². The van der Waals surface area contributed by atoms with Gasteiger partial charge in [-0.2, -0.15) is 5.10 Å². The van der Waals surface area contributed by atoms with Gasteiger partial charge in [-0.05, 0) is 54.6 Å². The van der Waals surface area contributed by atoms with Gasteiger partial charge in [-0.3, -0.25) is 0 Å². The number of ether oxygens (including phenoxy) is 1. The molecule has 0 saturated heterocycles. The normalized spacial score (nSPS) is 12.6. The molecule has 1 aliphatic rings. The van der Waals surface area contributed by atoms with Crippen LogP contribution in [0.5, 0.6) is 11.5 Å². The van der Waals surface area contributed by atoms with Gasteiger partial charge in [-0.15, -0.1) is 0 Å². The van der Waals surface area contributed by atoms with Gasteiger partial charge in [0.05, 0.1) is 23.7 Å². The number of hydrogen-bond donors (Lipinski definition) is 0. The standard InChI is InChI=1S/C36H28N4O/c1-4-12-28(13-5-1)36-26-35(37-40(36)31-17-8-3-9-18-31)29-14-10-20-33(24-29)41-34-21-11-19-32(25-34)39-23-22-38(27-39)30-15-6-2-7-16-30/h1-26H,27H2. The van der Waals surface area contributed by atoms with Crippen molar-refractivity contribution in [1.29, 1.82) is 0 Å². The van der Waals surface area contributed by atoms with E-state index < -0.39 is 0 Å². The van der Waals surface area contributed by atoms with E-state index in [1.807, 2.05) is 65.3 Å². The van der Waals surface area contributed by atoms with Gasteiger partial charge in [0, 0.05) is 41.0 Å². The van der Waals surface area contributed by atoms with Crippen LogP contribution in [0.4, 0.5) is 11.4 Å². The van der Waals surface area contributed by atoms with E-state index in [2.05, 4.69) is 107 Å². The Morgan fingerprint density at radius 2 is 1.05 bits per heavy atom. The highest BCUT2D eigenvalue weighted by Crippen LogP contribution is 2.33. The average Bonchev–Trinajstić information content (AvgIpc) is 3.72. The minimum Gasteiger partial charge on any atom is -0.457 e. The van der Waals surface area contributed by atoms with Crippen LogP contribution in [0.25, 0.3) is 28.2 Å². The fourth-order valence-electron chi connectivity index (χ4n) is 5.06. The summed E-state index contributed by atoms with van der Waals surface area (Å²) in [5, 5.41) is 5.02. The molecule has 0 saturated carbocycles. The van der Waals surface area contributed by atoms with Crippen molar-refractivity contribution in [3.8, 4) is 39.7 Å². The van der Waals surface area contributed by atoms with E-state index in [0.717, 1.165) is 52.1 Å². The molecule has 41 heavy (non-hydrogen) atoms. The second kappa shape index (κ2) is 10.9. The predicted molar refractivity (Wildman–Crippen MR) is 166 cm³/mol. The monoisotopic (exact) mass is 532 g/mol. The van der Waals surface area contributed by atoms with Gasteiger partial charge in [-0.25, -0.2) is 4.68 Å². The highest BCUT2D eigenvalue weighted by atomic mass is 16.5. The summed E-state index contributed by atoms with van der Waals surface area (Å²) >= 11 is 0. The maximum Gasteiger partial charge on any atom is 0.129 e. The summed E-state index contributed by atoms with van der Waals surface area (Å²) in [7, 11) is 0. The summed E-state index contributed by atoms with van der Waals surface area (Å²) in [6.07, 6.45) is 4.20. The summed E-state index contributed by atoms with van der Waals surface area (Å²) < 4.78 is 8.36. The van der Waals surface area contributed by atoms with Crippen molar-refractivity contribution in [2.45, 2.75) is 0 Å². The lowest BCUT2D eigenvalue weighted by molar-refractivity contribution is 0.483. The van der Waals surface area contributed by atoms with E-state index >= 15 is 0 Å². The van der Waals surface area contributed by atoms with E-state index in [4.69, 9.17) is 9.84 Å². The lowest BCUT2D eigenvalue weighted by Crippen LogP contribution is -2.24. The number of hydrogen-bond acceptors (Lipinski definition) is 4. The van der Waals surface area contributed by atoms with Crippen molar-refractivity contribution >= 4 is 11.4 Å². The van der Waals surface area contributed by atoms with Gasteiger partial charge >= 0.3 is 0 Å². The Balaban J connectivity index is 1.14. The topological polar surface area (TPSA) is 33.5 Å². The first-order valence-corrected chi connectivity index (χ1v) is 13.7. The van der Waals surface area contributed by atoms with Gasteiger partial charge in [0.2, 0.25) is 0 Å². The lowest BCUT2D eigenvalue weighted by Gasteiger charge is -2.22. The molecular weight excluding hydrogens is 504 g/mol. The number of rotatable bonds is 7. The zero-order valence-corrected chi connectivity index (χ0v) is 22.4. The molecule has 6 aromatic rings. The second-order valence-corrected chi connectivity index (χ2v) is 9.87. The van der Waals surface area contributed by atoms with Crippen molar-refractivity contribution in [1.82, 2.24) is 9.78 Å². The summed E-state index contributed by atoms with van der Waals surface area (Å²) in [6, 6.07) is 49.4. The third-order valence-electron chi connectivity index (χ3n) is 7.11. The van der Waals surface area contributed by atoms with E-state index in [0.29, 0.717) is 0 Å². The number of aromatic nitrogens is 2. The SMILES string of the molecule is C1=CN(c2cccc(Oc3cccc(-c4cc(-c5ccccc5)n(-c5ccccc5)n4)c3)c2)CN1c1ccccc1. The fraction of sp³-hybridized carbons (Fsp3) is 0.0278. The van der Waals surface area contributed by atoms with Gasteiger partial charge in [0.1, 0.15) is 11.5 Å². The first-order valence-electron chi connectivity index (χ1n) is 13.7. The molecule has 5 nitrogen and oxygen atoms in total. The molecule has 198 valence electrons. The van der Waals surface area contributed by atoms with E-state index in [-0.39, 0.29) is 0 Å². The minimum absolute atomic E-state index is 0.747. The molecule has 0 unspecified atom stereocenters. The van der Waals surface area contributed by atoms with Crippen LogP contribution < -0.4 is 14.5 Å². The molecule has 0 atom stereocenters. The molecule has 1 aromatic heterocycles. The average molecular weight is 533 g/mol. The molecule has 7 rings (SSSR count). The molecule has 0 spiro atoms. The zero-order valence-electron chi connectivity index (χ0n) is 22.4. The van der Waals surface area contributed by atoms with Crippen LogP contribution in [0.2, 0.25) is 0 Å². The zero-order chi connectivity index (χ0) is 27.4. The van der Waals surface area contributed by atoms with Crippen molar-refractivity contribution in [3.63, 3.8) is 0 Å². The molecule has 0 amide bonds. The molecule has 2 heterocycles. The van der Waals surface area contributed by atoms with Crippen LogP contribution in [0.1, 0.15) is 0 Å². The minimum atomic E-state index is 0.747. The predicted octanol–water partition coefficient (Wildman–Crippen LogP) is 8.75. The van der Waals surface area contributed by atoms with Crippen molar-refractivity contribution in [2.75, 3.05) is 16.5 Å². The Morgan fingerprint density at radius 1 is 0.488 bits per heavy atom. The summed E-state index contributed by atoms with van der Waals surface area (Å²) in [5.41, 5.74) is 7.28. The van der Waals surface area contributed by atoms with Gasteiger partial charge < -0.3 is 14.5 Å². The van der Waals surface area contributed by atoms with Crippen LogP contribution in [0.3, 0.4) is 0 Å². The molecule has 5 heteroatoms. The highest BCUT2D eigenvalue weighted by Gasteiger charge is 2.16. The van der Waals surface area contributed by atoms with Crippen LogP contribution in [-0.2, 0) is 0 Å². The Kier molecular flexibility index (Phi) is 6.51. The van der Waals surface area contributed by atoms with E-state index in [1.54, 1.807) is 0 Å². The van der Waals surface area contributed by atoms with E-state index in [9.17, 15) is 0 Å². The van der Waals surface area contributed by atoms with Crippen molar-refractivity contribution in [3.05, 3.63) is 158 Å². The maximum absolute atomic E-state index is 6.36. The first-order chi connectivity index (χ1) is 20.3. The molecule has 0 N–H and O–H groups in total. The van der Waals surface area contributed by atoms with E-state index in [1.165, 1.54) is 5.69 Å². The molecule has 1 aliphatic heterocycles. The summed E-state index contributed by atoms with van der Waals surface area (Å²) in [5.74, 6) is 1.55. The van der Waals surface area contributed by atoms with Crippen LogP contribution in [0.15, 0.2) is 158 Å². The quantitative estimate of drug-likeness (QED) is 0.206. The highest BCUT2D eigenvalue weighted by molar-refractivity contribution is 5.71. The Morgan fingerprint density at radius 3 is 1.78 bits per heavy atom. The Bertz CT molecular complexity index is 1740. The smallest absolute Gasteiger partial charge is 0.129 e. The van der Waals surface area contributed by atoms with Gasteiger partial charge in [0.25, 0.3) is 0 Å². The molecular formula is C36H28N4O. The second-order valence-electron chi connectivity index (χ2n) is 9.87. The first kappa shape index (κ1) is 24.5. The van der Waals surface area contributed by atoms with Crippen molar-refractivity contribution in [2.24, 2.45) is 0 Å². The van der Waals surface area contributed by atoms with Crippen LogP contribution in [-0.4, -0.2) is 16.4 Å². The molecule has 0 bridgehead atoms. The largest absolute Gasteiger partial charge is 0.457 e. The van der Waals surface area contributed by atoms with Crippen LogP contribution >= 0.6 is 0 Å².